The van der Waals surface area contributed by atoms with Crippen LogP contribution in [0.4, 0.5) is 0 Å². The van der Waals surface area contributed by atoms with Gasteiger partial charge in [0.1, 0.15) is 0 Å². The SMILES string of the molecule is O=Cc1cc2ccccc2n1Cc1ccccc1I. The first-order valence-electron chi connectivity index (χ1n) is 6.06. The summed E-state index contributed by atoms with van der Waals surface area (Å²) in [5, 5.41) is 1.11. The van der Waals surface area contributed by atoms with Crippen LogP contribution in [-0.4, -0.2) is 10.9 Å². The first-order chi connectivity index (χ1) is 9.29. The van der Waals surface area contributed by atoms with E-state index >= 15 is 0 Å². The molecule has 94 valence electrons. The van der Waals surface area contributed by atoms with Crippen molar-refractivity contribution >= 4 is 39.8 Å². The van der Waals surface area contributed by atoms with E-state index in [4.69, 9.17) is 0 Å². The Morgan fingerprint density at radius 3 is 2.58 bits per heavy atom. The van der Waals surface area contributed by atoms with E-state index in [-0.39, 0.29) is 0 Å². The van der Waals surface area contributed by atoms with Crippen LogP contribution >= 0.6 is 22.6 Å². The maximum absolute atomic E-state index is 11.2. The van der Waals surface area contributed by atoms with Gasteiger partial charge < -0.3 is 4.57 Å². The normalized spacial score (nSPS) is 10.8. The van der Waals surface area contributed by atoms with Crippen molar-refractivity contribution < 1.29 is 4.79 Å². The number of rotatable bonds is 3. The predicted octanol–water partition coefficient (Wildman–Crippen LogP) is 4.11. The van der Waals surface area contributed by atoms with Crippen LogP contribution in [0.1, 0.15) is 16.1 Å². The number of para-hydroxylation sites is 1. The van der Waals surface area contributed by atoms with Crippen molar-refractivity contribution in [3.05, 3.63) is 69.4 Å². The zero-order valence-electron chi connectivity index (χ0n) is 10.2. The van der Waals surface area contributed by atoms with Gasteiger partial charge in [-0.15, -0.1) is 0 Å². The maximum Gasteiger partial charge on any atom is 0.166 e. The molecule has 0 fully saturated rings. The van der Waals surface area contributed by atoms with E-state index in [0.717, 1.165) is 29.4 Å². The lowest BCUT2D eigenvalue weighted by atomic mass is 10.2. The van der Waals surface area contributed by atoms with Gasteiger partial charge in [-0.25, -0.2) is 0 Å². The van der Waals surface area contributed by atoms with Crippen LogP contribution < -0.4 is 0 Å². The highest BCUT2D eigenvalue weighted by atomic mass is 127. The summed E-state index contributed by atoms with van der Waals surface area (Å²) >= 11 is 2.33. The molecule has 0 unspecified atom stereocenters. The van der Waals surface area contributed by atoms with Gasteiger partial charge >= 0.3 is 0 Å². The molecule has 3 rings (SSSR count). The molecule has 0 spiro atoms. The van der Waals surface area contributed by atoms with Gasteiger partial charge in [-0.1, -0.05) is 36.4 Å². The minimum Gasteiger partial charge on any atom is -0.334 e. The highest BCUT2D eigenvalue weighted by molar-refractivity contribution is 14.1. The lowest BCUT2D eigenvalue weighted by molar-refractivity contribution is 0.111. The van der Waals surface area contributed by atoms with Crippen molar-refractivity contribution in [2.45, 2.75) is 6.54 Å². The summed E-state index contributed by atoms with van der Waals surface area (Å²) in [6.07, 6.45) is 0.926. The number of benzene rings is 2. The first kappa shape index (κ1) is 12.4. The van der Waals surface area contributed by atoms with Crippen LogP contribution in [0.2, 0.25) is 0 Å². The molecule has 0 atom stereocenters. The molecule has 0 aliphatic carbocycles. The first-order valence-corrected chi connectivity index (χ1v) is 7.14. The number of carbonyl (C=O) groups is 1. The van der Waals surface area contributed by atoms with Crippen LogP contribution in [0, 0.1) is 3.57 Å². The molecule has 3 aromatic rings. The third kappa shape index (κ3) is 2.30. The third-order valence-electron chi connectivity index (χ3n) is 3.25. The second-order valence-corrected chi connectivity index (χ2v) is 5.59. The van der Waals surface area contributed by atoms with Gasteiger partial charge in [0, 0.05) is 21.0 Å². The van der Waals surface area contributed by atoms with E-state index in [0.29, 0.717) is 0 Å². The summed E-state index contributed by atoms with van der Waals surface area (Å²) < 4.78 is 3.29. The number of carbonyl (C=O) groups excluding carboxylic acids is 1. The predicted molar refractivity (Wildman–Crippen MR) is 85.6 cm³/mol. The number of halogens is 1. The summed E-state index contributed by atoms with van der Waals surface area (Å²) in [4.78, 5) is 11.2. The Bertz CT molecular complexity index is 745. The Morgan fingerprint density at radius 1 is 1.05 bits per heavy atom. The molecule has 1 aromatic heterocycles. The van der Waals surface area contributed by atoms with Crippen LogP contribution in [0.15, 0.2) is 54.6 Å². The fraction of sp³-hybridized carbons (Fsp3) is 0.0625. The van der Waals surface area contributed by atoms with E-state index in [2.05, 4.69) is 45.4 Å². The molecular weight excluding hydrogens is 349 g/mol. The Balaban J connectivity index is 2.14. The zero-order chi connectivity index (χ0) is 13.2. The second kappa shape index (κ2) is 5.17. The fourth-order valence-electron chi connectivity index (χ4n) is 2.30. The van der Waals surface area contributed by atoms with E-state index < -0.39 is 0 Å². The van der Waals surface area contributed by atoms with Crippen LogP contribution in [0.25, 0.3) is 10.9 Å². The smallest absolute Gasteiger partial charge is 0.166 e. The topological polar surface area (TPSA) is 22.0 Å². The Labute approximate surface area is 125 Å². The van der Waals surface area contributed by atoms with Crippen molar-refractivity contribution in [3.8, 4) is 0 Å². The molecule has 0 N–H and O–H groups in total. The summed E-state index contributed by atoms with van der Waals surface area (Å²) in [5.74, 6) is 0. The molecule has 3 heteroatoms. The van der Waals surface area contributed by atoms with Gasteiger partial charge in [0.15, 0.2) is 6.29 Å². The van der Waals surface area contributed by atoms with Gasteiger partial charge in [-0.3, -0.25) is 4.79 Å². The Kier molecular flexibility index (Phi) is 3.38. The molecule has 0 amide bonds. The van der Waals surface area contributed by atoms with Crippen LogP contribution in [-0.2, 0) is 6.54 Å². The summed E-state index contributed by atoms with van der Waals surface area (Å²) in [6.45, 7) is 0.723. The molecule has 2 aromatic carbocycles. The molecular formula is C16H12INO. The summed E-state index contributed by atoms with van der Waals surface area (Å²) in [5.41, 5.74) is 3.05. The Morgan fingerprint density at radius 2 is 1.79 bits per heavy atom. The van der Waals surface area contributed by atoms with E-state index in [1.165, 1.54) is 9.13 Å². The zero-order valence-corrected chi connectivity index (χ0v) is 12.4. The van der Waals surface area contributed by atoms with E-state index in [1.54, 1.807) is 0 Å². The standard InChI is InChI=1S/C16H12INO/c17-15-7-3-1-6-13(15)10-18-14(11-19)9-12-5-2-4-8-16(12)18/h1-9,11H,10H2. The molecule has 19 heavy (non-hydrogen) atoms. The van der Waals surface area contributed by atoms with Crippen molar-refractivity contribution in [1.29, 1.82) is 0 Å². The third-order valence-corrected chi connectivity index (χ3v) is 4.30. The number of aromatic nitrogens is 1. The second-order valence-electron chi connectivity index (χ2n) is 4.42. The van der Waals surface area contributed by atoms with Gasteiger partial charge in [-0.2, -0.15) is 0 Å². The number of hydrogen-bond donors (Lipinski definition) is 0. The highest BCUT2D eigenvalue weighted by Crippen LogP contribution is 2.22. The fourth-order valence-corrected chi connectivity index (χ4v) is 2.86. The van der Waals surface area contributed by atoms with Gasteiger partial charge in [0.05, 0.1) is 5.69 Å². The lowest BCUT2D eigenvalue weighted by Gasteiger charge is -2.09. The molecule has 0 aliphatic rings. The number of aldehydes is 1. The van der Waals surface area contributed by atoms with Crippen molar-refractivity contribution in [3.63, 3.8) is 0 Å². The van der Waals surface area contributed by atoms with Crippen molar-refractivity contribution in [1.82, 2.24) is 4.57 Å². The van der Waals surface area contributed by atoms with Crippen molar-refractivity contribution in [2.75, 3.05) is 0 Å². The van der Waals surface area contributed by atoms with Gasteiger partial charge in [0.25, 0.3) is 0 Å². The number of hydrogen-bond acceptors (Lipinski definition) is 1. The van der Waals surface area contributed by atoms with E-state index in [1.807, 2.05) is 36.4 Å². The largest absolute Gasteiger partial charge is 0.334 e. The molecule has 0 bridgehead atoms. The molecule has 1 heterocycles. The molecule has 0 saturated heterocycles. The number of nitrogens with zero attached hydrogens (tertiary/aromatic N) is 1. The van der Waals surface area contributed by atoms with E-state index in [9.17, 15) is 4.79 Å². The van der Waals surface area contributed by atoms with Crippen LogP contribution in [0.3, 0.4) is 0 Å². The van der Waals surface area contributed by atoms with Gasteiger partial charge in [-0.05, 0) is 46.4 Å². The molecule has 0 radical (unpaired) electrons. The minimum absolute atomic E-state index is 0.723. The van der Waals surface area contributed by atoms with Crippen LogP contribution in [0.5, 0.6) is 0 Å². The van der Waals surface area contributed by atoms with Gasteiger partial charge in [0.2, 0.25) is 0 Å². The molecule has 2 nitrogen and oxygen atoms in total. The lowest BCUT2D eigenvalue weighted by Crippen LogP contribution is -2.04. The highest BCUT2D eigenvalue weighted by Gasteiger charge is 2.09. The Hall–Kier alpha value is -1.62. The maximum atomic E-state index is 11.2. The monoisotopic (exact) mass is 361 g/mol. The minimum atomic E-state index is 0.723. The quantitative estimate of drug-likeness (QED) is 0.509. The number of fused-ring (bicyclic) bond motifs is 1. The summed E-state index contributed by atoms with van der Waals surface area (Å²) in [6, 6.07) is 18.3. The average Bonchev–Trinajstić information content (AvgIpc) is 2.79. The summed E-state index contributed by atoms with van der Waals surface area (Å²) in [7, 11) is 0. The molecule has 0 saturated carbocycles. The average molecular weight is 361 g/mol. The molecule has 0 aliphatic heterocycles. The van der Waals surface area contributed by atoms with Crippen molar-refractivity contribution in [2.24, 2.45) is 0 Å².